The van der Waals surface area contributed by atoms with Gasteiger partial charge in [-0.2, -0.15) is 0 Å². The van der Waals surface area contributed by atoms with E-state index in [0.29, 0.717) is 19.7 Å². The van der Waals surface area contributed by atoms with Crippen LogP contribution >= 0.6 is 0 Å². The molecular formula is C15H23NO3. The summed E-state index contributed by atoms with van der Waals surface area (Å²) in [6.45, 7) is 7.72. The molecule has 0 aliphatic carbocycles. The van der Waals surface area contributed by atoms with E-state index in [1.165, 1.54) is 5.56 Å². The molecule has 0 amide bonds. The molecule has 106 valence electrons. The predicted molar refractivity (Wildman–Crippen MR) is 74.8 cm³/mol. The maximum absolute atomic E-state index is 9.27. The lowest BCUT2D eigenvalue weighted by Crippen LogP contribution is -2.24. The van der Waals surface area contributed by atoms with Gasteiger partial charge in [0.2, 0.25) is 0 Å². The van der Waals surface area contributed by atoms with Crippen LogP contribution in [0.5, 0.6) is 11.5 Å². The van der Waals surface area contributed by atoms with Crippen molar-refractivity contribution in [3.63, 3.8) is 0 Å². The van der Waals surface area contributed by atoms with E-state index >= 15 is 0 Å². The average molecular weight is 265 g/mol. The molecule has 1 aromatic carbocycles. The molecule has 1 aliphatic heterocycles. The summed E-state index contributed by atoms with van der Waals surface area (Å²) in [6.07, 6.45) is 0.836. The zero-order valence-electron chi connectivity index (χ0n) is 11.9. The van der Waals surface area contributed by atoms with Crippen molar-refractivity contribution in [1.82, 2.24) is 5.32 Å². The van der Waals surface area contributed by atoms with E-state index in [1.807, 2.05) is 6.92 Å². The fourth-order valence-corrected chi connectivity index (χ4v) is 2.33. The van der Waals surface area contributed by atoms with Gasteiger partial charge in [-0.3, -0.25) is 0 Å². The van der Waals surface area contributed by atoms with E-state index in [1.54, 1.807) is 6.92 Å². The van der Waals surface area contributed by atoms with Gasteiger partial charge in [0.1, 0.15) is 17.6 Å². The first kappa shape index (κ1) is 14.2. The van der Waals surface area contributed by atoms with Gasteiger partial charge < -0.3 is 19.9 Å². The third-order valence-corrected chi connectivity index (χ3v) is 3.13. The maximum Gasteiger partial charge on any atom is 0.124 e. The normalized spacial score (nSPS) is 18.8. The highest BCUT2D eigenvalue weighted by Crippen LogP contribution is 2.35. The molecule has 0 saturated carbocycles. The van der Waals surface area contributed by atoms with Gasteiger partial charge in [0, 0.05) is 30.6 Å². The Morgan fingerprint density at radius 1 is 1.53 bits per heavy atom. The van der Waals surface area contributed by atoms with Crippen molar-refractivity contribution < 1.29 is 14.6 Å². The Hall–Kier alpha value is -1.26. The Bertz CT molecular complexity index is 432. The summed E-state index contributed by atoms with van der Waals surface area (Å²) in [5.74, 6) is 1.88. The van der Waals surface area contributed by atoms with E-state index in [4.69, 9.17) is 9.47 Å². The lowest BCUT2D eigenvalue weighted by atomic mass is 10.1. The topological polar surface area (TPSA) is 50.7 Å². The summed E-state index contributed by atoms with van der Waals surface area (Å²) < 4.78 is 11.5. The van der Waals surface area contributed by atoms with Gasteiger partial charge in [0.05, 0.1) is 12.7 Å². The van der Waals surface area contributed by atoms with Gasteiger partial charge in [-0.1, -0.05) is 0 Å². The minimum atomic E-state index is -0.346. The molecule has 19 heavy (non-hydrogen) atoms. The highest BCUT2D eigenvalue weighted by Gasteiger charge is 2.21. The number of aliphatic hydroxyl groups is 1. The molecule has 2 atom stereocenters. The van der Waals surface area contributed by atoms with Gasteiger partial charge in [0.25, 0.3) is 0 Å². The van der Waals surface area contributed by atoms with Crippen LogP contribution in [0.1, 0.15) is 31.9 Å². The second kappa shape index (κ2) is 6.26. The molecule has 0 spiro atoms. The van der Waals surface area contributed by atoms with Crippen molar-refractivity contribution in [3.05, 3.63) is 23.3 Å². The van der Waals surface area contributed by atoms with Gasteiger partial charge in [-0.05, 0) is 32.9 Å². The Labute approximate surface area is 114 Å². The molecule has 0 radical (unpaired) electrons. The van der Waals surface area contributed by atoms with E-state index in [-0.39, 0.29) is 12.2 Å². The number of aliphatic hydroxyl groups excluding tert-OH is 1. The van der Waals surface area contributed by atoms with Crippen LogP contribution in [0.3, 0.4) is 0 Å². The van der Waals surface area contributed by atoms with Crippen molar-refractivity contribution in [2.24, 2.45) is 0 Å². The third kappa shape index (κ3) is 3.61. The van der Waals surface area contributed by atoms with E-state index in [9.17, 15) is 5.11 Å². The monoisotopic (exact) mass is 265 g/mol. The molecule has 0 bridgehead atoms. The fraction of sp³-hybridized carbons (Fsp3) is 0.600. The predicted octanol–water partition coefficient (Wildman–Crippen LogP) is 1.88. The van der Waals surface area contributed by atoms with Crippen molar-refractivity contribution in [3.8, 4) is 11.5 Å². The highest BCUT2D eigenvalue weighted by atomic mass is 16.5. The second-order valence-corrected chi connectivity index (χ2v) is 5.11. The molecule has 0 saturated heterocycles. The molecule has 0 fully saturated rings. The van der Waals surface area contributed by atoms with Crippen molar-refractivity contribution >= 4 is 0 Å². The zero-order valence-corrected chi connectivity index (χ0v) is 11.9. The Balaban J connectivity index is 2.13. The number of fused-ring (bicyclic) bond motifs is 1. The Kier molecular flexibility index (Phi) is 4.66. The minimum absolute atomic E-state index is 0.241. The van der Waals surface area contributed by atoms with Crippen LogP contribution in [0.15, 0.2) is 12.1 Å². The summed E-state index contributed by atoms with van der Waals surface area (Å²) in [4.78, 5) is 0. The number of hydrogen-bond acceptors (Lipinski definition) is 4. The van der Waals surface area contributed by atoms with Crippen LogP contribution in [0.25, 0.3) is 0 Å². The van der Waals surface area contributed by atoms with Crippen LogP contribution in [-0.4, -0.2) is 30.5 Å². The quantitative estimate of drug-likeness (QED) is 0.824. The Morgan fingerprint density at radius 2 is 2.32 bits per heavy atom. The van der Waals surface area contributed by atoms with Crippen LogP contribution in [0.2, 0.25) is 0 Å². The molecule has 1 heterocycles. The lowest BCUT2D eigenvalue weighted by molar-refractivity contribution is 0.190. The van der Waals surface area contributed by atoms with Crippen molar-refractivity contribution in [1.29, 1.82) is 0 Å². The minimum Gasteiger partial charge on any atom is -0.494 e. The summed E-state index contributed by atoms with van der Waals surface area (Å²) in [5, 5.41) is 12.5. The van der Waals surface area contributed by atoms with Crippen LogP contribution in [0.4, 0.5) is 0 Å². The summed E-state index contributed by atoms with van der Waals surface area (Å²) in [5.41, 5.74) is 2.30. The molecule has 1 aromatic rings. The van der Waals surface area contributed by atoms with E-state index in [2.05, 4.69) is 24.4 Å². The average Bonchev–Trinajstić information content (AvgIpc) is 2.68. The lowest BCUT2D eigenvalue weighted by Gasteiger charge is -2.14. The standard InChI is InChI=1S/C15H23NO3/c1-4-18-14-6-12-5-11(3)19-15(12)7-13(14)9-16-8-10(2)17/h6-7,10-11,16-17H,4-5,8-9H2,1-3H3. The summed E-state index contributed by atoms with van der Waals surface area (Å²) in [7, 11) is 0. The van der Waals surface area contributed by atoms with Gasteiger partial charge in [-0.15, -0.1) is 0 Å². The van der Waals surface area contributed by atoms with Crippen LogP contribution in [0, 0.1) is 0 Å². The number of nitrogens with one attached hydrogen (secondary N) is 1. The molecule has 0 aromatic heterocycles. The van der Waals surface area contributed by atoms with Crippen LogP contribution < -0.4 is 14.8 Å². The van der Waals surface area contributed by atoms with E-state index < -0.39 is 0 Å². The fourth-order valence-electron chi connectivity index (χ4n) is 2.33. The molecule has 4 nitrogen and oxygen atoms in total. The zero-order chi connectivity index (χ0) is 13.8. The maximum atomic E-state index is 9.27. The molecule has 2 N–H and O–H groups in total. The first-order valence-electron chi connectivity index (χ1n) is 6.94. The Morgan fingerprint density at radius 3 is 3.00 bits per heavy atom. The van der Waals surface area contributed by atoms with Crippen molar-refractivity contribution in [2.45, 2.75) is 45.9 Å². The molecule has 1 aliphatic rings. The number of hydrogen-bond donors (Lipinski definition) is 2. The van der Waals surface area contributed by atoms with Gasteiger partial charge in [-0.25, -0.2) is 0 Å². The molecule has 2 rings (SSSR count). The number of benzene rings is 1. The van der Waals surface area contributed by atoms with E-state index in [0.717, 1.165) is 23.5 Å². The first-order valence-corrected chi connectivity index (χ1v) is 6.94. The first-order chi connectivity index (χ1) is 9.10. The van der Waals surface area contributed by atoms with Gasteiger partial charge in [0.15, 0.2) is 0 Å². The second-order valence-electron chi connectivity index (χ2n) is 5.11. The highest BCUT2D eigenvalue weighted by molar-refractivity contribution is 5.48. The third-order valence-electron chi connectivity index (χ3n) is 3.13. The SMILES string of the molecule is CCOc1cc2c(cc1CNCC(C)O)OC(C)C2. The number of ether oxygens (including phenoxy) is 2. The summed E-state index contributed by atoms with van der Waals surface area (Å²) in [6, 6.07) is 4.14. The van der Waals surface area contributed by atoms with Crippen molar-refractivity contribution in [2.75, 3.05) is 13.2 Å². The smallest absolute Gasteiger partial charge is 0.124 e. The molecular weight excluding hydrogens is 242 g/mol. The van der Waals surface area contributed by atoms with Gasteiger partial charge >= 0.3 is 0 Å². The molecule has 2 unspecified atom stereocenters. The molecule has 4 heteroatoms. The number of rotatable bonds is 6. The summed E-state index contributed by atoms with van der Waals surface area (Å²) >= 11 is 0. The van der Waals surface area contributed by atoms with Crippen LogP contribution in [-0.2, 0) is 13.0 Å². The largest absolute Gasteiger partial charge is 0.494 e.